The summed E-state index contributed by atoms with van der Waals surface area (Å²) in [7, 11) is 1.05. The minimum Gasteiger partial charge on any atom is -0.504 e. The number of phenolic OH excluding ortho intramolecular Hbond substituents is 4. The number of hydrogen-bond acceptors (Lipinski definition) is 25. The fraction of sp³-hybridized carbons (Fsp3) is 0.543. The highest BCUT2D eigenvalue weighted by atomic mass is 16.8. The predicted molar refractivity (Wildman–Crippen MR) is 233 cm³/mol. The highest BCUT2D eigenvalue weighted by Crippen LogP contribution is 2.39. The number of rotatable bonds is 17. The molecule has 0 saturated carbocycles. The molecule has 12 N–H and O–H groups in total. The van der Waals surface area contributed by atoms with Crippen LogP contribution in [0.3, 0.4) is 0 Å². The van der Waals surface area contributed by atoms with Crippen LogP contribution in [0.4, 0.5) is 0 Å². The topological polar surface area (TPSA) is 386 Å². The van der Waals surface area contributed by atoms with Crippen molar-refractivity contribution in [3.8, 4) is 23.0 Å². The summed E-state index contributed by atoms with van der Waals surface area (Å²) in [6, 6.07) is 7.59. The molecule has 25 heteroatoms. The molecule has 0 aromatic heterocycles. The van der Waals surface area contributed by atoms with Gasteiger partial charge in [-0.2, -0.15) is 0 Å². The number of ether oxygens (including phenoxy) is 10. The summed E-state index contributed by atoms with van der Waals surface area (Å²) < 4.78 is 57.9. The average molecular weight is 1010 g/mol. The number of phenols is 4. The van der Waals surface area contributed by atoms with Gasteiger partial charge in [-0.3, -0.25) is 4.79 Å². The molecule has 0 radical (unpaired) electrons. The molecule has 17 atom stereocenters. The number of aliphatic hydroxyl groups excluding tert-OH is 8. The van der Waals surface area contributed by atoms with E-state index >= 15 is 0 Å². The van der Waals surface area contributed by atoms with Crippen LogP contribution in [0.5, 0.6) is 23.0 Å². The second kappa shape index (κ2) is 24.3. The summed E-state index contributed by atoms with van der Waals surface area (Å²) in [5.74, 6) is -6.42. The van der Waals surface area contributed by atoms with Crippen LogP contribution >= 0.6 is 0 Å². The Morgan fingerprint density at radius 1 is 0.690 bits per heavy atom. The summed E-state index contributed by atoms with van der Waals surface area (Å²) in [4.78, 5) is 41.3. The Morgan fingerprint density at radius 3 is 1.96 bits per heavy atom. The fourth-order valence-electron chi connectivity index (χ4n) is 8.15. The number of aromatic hydroxyl groups is 4. The van der Waals surface area contributed by atoms with Crippen LogP contribution in [0.2, 0.25) is 0 Å². The lowest BCUT2D eigenvalue weighted by Crippen LogP contribution is -2.65. The van der Waals surface area contributed by atoms with Gasteiger partial charge in [0.25, 0.3) is 0 Å². The van der Waals surface area contributed by atoms with Crippen molar-refractivity contribution in [2.75, 3.05) is 26.9 Å². The fourth-order valence-corrected chi connectivity index (χ4v) is 8.15. The quantitative estimate of drug-likeness (QED) is 0.0261. The zero-order valence-corrected chi connectivity index (χ0v) is 38.3. The third kappa shape index (κ3) is 12.8. The number of carbonyl (C=O) groups excluding carboxylic acids is 3. The van der Waals surface area contributed by atoms with Crippen LogP contribution in [-0.4, -0.2) is 205 Å². The molecule has 6 rings (SSSR count). The molecule has 2 aromatic rings. The van der Waals surface area contributed by atoms with E-state index in [2.05, 4.69) is 0 Å². The lowest BCUT2D eigenvalue weighted by atomic mass is 9.86. The van der Waals surface area contributed by atoms with Crippen LogP contribution in [0.15, 0.2) is 66.0 Å². The molecule has 392 valence electrons. The van der Waals surface area contributed by atoms with Crippen LogP contribution in [0.25, 0.3) is 6.08 Å². The Balaban J connectivity index is 1.35. The van der Waals surface area contributed by atoms with Gasteiger partial charge in [-0.15, -0.1) is 0 Å². The van der Waals surface area contributed by atoms with Crippen LogP contribution < -0.4 is 0 Å². The molecule has 2 aromatic carbocycles. The minimum absolute atomic E-state index is 0.0155. The maximum atomic E-state index is 14.5. The normalized spacial score (nSPS) is 34.8. The van der Waals surface area contributed by atoms with E-state index in [1.54, 1.807) is 0 Å². The van der Waals surface area contributed by atoms with E-state index in [1.807, 2.05) is 0 Å². The van der Waals surface area contributed by atoms with Crippen molar-refractivity contribution in [2.45, 2.75) is 125 Å². The largest absolute Gasteiger partial charge is 0.504 e. The van der Waals surface area contributed by atoms with E-state index in [4.69, 9.17) is 47.4 Å². The third-order valence-corrected chi connectivity index (χ3v) is 12.1. The van der Waals surface area contributed by atoms with Crippen molar-refractivity contribution in [2.24, 2.45) is 5.92 Å². The highest BCUT2D eigenvalue weighted by Gasteiger charge is 2.55. The molecular formula is C46H58O25. The van der Waals surface area contributed by atoms with Crippen molar-refractivity contribution >= 4 is 24.0 Å². The second-order valence-corrected chi connectivity index (χ2v) is 16.8. The molecule has 4 heterocycles. The SMILES string of the molecule is C/C=C1\[C@H](O[C@@H]2O[C@H](CO)[C@@H](O)[C@H](O)[C@H]2O)OC=C(C(=O)OC)[C@H]1CC(=O)O[C@H]1[C@H](OCCc2ccc(O)c(O)c2)O[C@H](CO)[C@@H](OC(=O)/C=C/c2ccc(O)c(O)c2)[C@@H]1O[C@@H]1O[C@@H](C)[C@H](O)[C@@H](O)[C@H]1O. The van der Waals surface area contributed by atoms with E-state index in [9.17, 15) is 75.7 Å². The number of benzene rings is 2. The van der Waals surface area contributed by atoms with Gasteiger partial charge in [-0.1, -0.05) is 18.2 Å². The lowest BCUT2D eigenvalue weighted by Gasteiger charge is -2.47. The van der Waals surface area contributed by atoms with E-state index in [0.29, 0.717) is 5.56 Å². The molecule has 4 aliphatic heterocycles. The molecule has 0 bridgehead atoms. The zero-order valence-electron chi connectivity index (χ0n) is 38.3. The predicted octanol–water partition coefficient (Wildman–Crippen LogP) is -2.28. The van der Waals surface area contributed by atoms with Crippen LogP contribution in [-0.2, 0) is 68.2 Å². The van der Waals surface area contributed by atoms with Crippen LogP contribution in [0, 0.1) is 5.92 Å². The van der Waals surface area contributed by atoms with Crippen molar-refractivity contribution in [1.82, 2.24) is 0 Å². The Bertz CT molecular complexity index is 2250. The molecule has 3 fully saturated rings. The number of methoxy groups -OCH3 is 1. The molecule has 0 amide bonds. The van der Waals surface area contributed by atoms with E-state index in [1.165, 1.54) is 50.3 Å². The monoisotopic (exact) mass is 1010 g/mol. The first-order chi connectivity index (χ1) is 33.8. The Kier molecular flexibility index (Phi) is 18.8. The number of hydrogen-bond donors (Lipinski definition) is 12. The molecule has 0 spiro atoms. The van der Waals surface area contributed by atoms with E-state index in [-0.39, 0.29) is 29.7 Å². The van der Waals surface area contributed by atoms with Gasteiger partial charge in [0, 0.05) is 17.6 Å². The molecule has 71 heavy (non-hydrogen) atoms. The number of allylic oxidation sites excluding steroid dienone is 1. The maximum absolute atomic E-state index is 14.5. The van der Waals surface area contributed by atoms with Crippen molar-refractivity contribution < 1.29 is 123 Å². The van der Waals surface area contributed by atoms with Gasteiger partial charge in [0.2, 0.25) is 6.29 Å². The number of esters is 3. The number of carbonyl (C=O) groups is 3. The molecule has 0 unspecified atom stereocenters. The maximum Gasteiger partial charge on any atom is 0.337 e. The average Bonchev–Trinajstić information content (AvgIpc) is 3.35. The van der Waals surface area contributed by atoms with E-state index < -0.39 is 165 Å². The van der Waals surface area contributed by atoms with Crippen LogP contribution in [0.1, 0.15) is 31.4 Å². The Labute approximate surface area is 404 Å². The first kappa shape index (κ1) is 54.8. The lowest BCUT2D eigenvalue weighted by molar-refractivity contribution is -0.358. The van der Waals surface area contributed by atoms with Gasteiger partial charge in [-0.25, -0.2) is 9.59 Å². The zero-order chi connectivity index (χ0) is 51.8. The first-order valence-corrected chi connectivity index (χ1v) is 22.2. The Hall–Kier alpha value is -5.49. The smallest absolute Gasteiger partial charge is 0.337 e. The van der Waals surface area contributed by atoms with Crippen molar-refractivity contribution in [3.05, 3.63) is 77.1 Å². The number of aliphatic hydroxyl groups is 8. The molecule has 3 saturated heterocycles. The first-order valence-electron chi connectivity index (χ1n) is 22.2. The summed E-state index contributed by atoms with van der Waals surface area (Å²) in [6.07, 6.45) is -24.0. The van der Waals surface area contributed by atoms with Gasteiger partial charge >= 0.3 is 17.9 Å². The molecule has 4 aliphatic rings. The van der Waals surface area contributed by atoms with Gasteiger partial charge in [-0.05, 0) is 61.7 Å². The van der Waals surface area contributed by atoms with Crippen molar-refractivity contribution in [3.63, 3.8) is 0 Å². The third-order valence-electron chi connectivity index (χ3n) is 12.1. The highest BCUT2D eigenvalue weighted by molar-refractivity contribution is 5.91. The van der Waals surface area contributed by atoms with Gasteiger partial charge in [0.15, 0.2) is 54.1 Å². The summed E-state index contributed by atoms with van der Waals surface area (Å²) >= 11 is 0. The molecular weight excluding hydrogens is 952 g/mol. The van der Waals surface area contributed by atoms with Gasteiger partial charge in [0.1, 0.15) is 54.9 Å². The Morgan fingerprint density at radius 2 is 1.32 bits per heavy atom. The van der Waals surface area contributed by atoms with Gasteiger partial charge in [0.05, 0.1) is 51.3 Å². The summed E-state index contributed by atoms with van der Waals surface area (Å²) in [5, 5.41) is 124. The standard InChI is InChI=1S/C46H58O25/c1-4-22-23(24(42(61)62-3)18-64-43(22)71-45-38(60)36(58)34(56)29(16-47)66-45)15-32(54)69-41-40(70-44-37(59)35(57)33(55)19(2)65-44)39(68-31(53)10-7-20-5-8-25(49)27(51)13-20)30(17-48)67-46(41)63-12-11-21-6-9-26(50)28(52)14-21/h4-10,13-14,18-19,23,29-30,33-41,43-52,55-60H,11-12,15-17H2,1-3H3/b10-7+,22-4-/t19-,23-,29+,30+,33-,34+,35+,36-,37+,38+,39+,40-,41+,43-,44-,45-,46+/m0/s1. The second-order valence-electron chi connectivity index (χ2n) is 16.8. The molecule has 25 nitrogen and oxygen atoms in total. The van der Waals surface area contributed by atoms with Crippen molar-refractivity contribution in [1.29, 1.82) is 0 Å². The molecule has 0 aliphatic carbocycles. The summed E-state index contributed by atoms with van der Waals surface area (Å²) in [5.41, 5.74) is 0.435. The van der Waals surface area contributed by atoms with Gasteiger partial charge < -0.3 is 109 Å². The summed E-state index contributed by atoms with van der Waals surface area (Å²) in [6.45, 7) is 0.814. The van der Waals surface area contributed by atoms with E-state index in [0.717, 1.165) is 31.6 Å². The minimum atomic E-state index is -2.00.